The lowest BCUT2D eigenvalue weighted by molar-refractivity contribution is -0.115. The zero-order valence-corrected chi connectivity index (χ0v) is 12.4. The highest BCUT2D eigenvalue weighted by Crippen LogP contribution is 2.33. The minimum Gasteiger partial charge on any atom is -0.384 e. The lowest BCUT2D eigenvalue weighted by Gasteiger charge is -2.15. The Morgan fingerprint density at radius 1 is 1.24 bits per heavy atom. The Morgan fingerprint density at radius 2 is 1.95 bits per heavy atom. The summed E-state index contributed by atoms with van der Waals surface area (Å²) >= 11 is 5.88. The Balaban J connectivity index is 2.01. The fourth-order valence-electron chi connectivity index (χ4n) is 2.73. The van der Waals surface area contributed by atoms with E-state index in [1.807, 2.05) is 31.2 Å². The van der Waals surface area contributed by atoms with Crippen molar-refractivity contribution < 1.29 is 9.90 Å². The van der Waals surface area contributed by atoms with Gasteiger partial charge in [0.2, 0.25) is 5.91 Å². The Kier molecular flexibility index (Phi) is 3.70. The quantitative estimate of drug-likeness (QED) is 0.912. The van der Waals surface area contributed by atoms with Crippen LogP contribution < -0.4 is 5.32 Å². The fourth-order valence-corrected chi connectivity index (χ4v) is 2.85. The molecule has 1 aliphatic heterocycles. The summed E-state index contributed by atoms with van der Waals surface area (Å²) in [5.41, 5.74) is 4.53. The second kappa shape index (κ2) is 5.51. The van der Waals surface area contributed by atoms with Gasteiger partial charge in [0.1, 0.15) is 6.10 Å². The van der Waals surface area contributed by atoms with Crippen LogP contribution in [0.4, 0.5) is 5.69 Å². The number of rotatable bonds is 3. The molecule has 0 spiro atoms. The van der Waals surface area contributed by atoms with Crippen molar-refractivity contribution in [2.45, 2.75) is 25.9 Å². The van der Waals surface area contributed by atoms with Crippen molar-refractivity contribution in [2.75, 3.05) is 5.32 Å². The average molecular weight is 302 g/mol. The standard InChI is InChI=1S/C17H16ClNO2/c1-2-10-7-13(8-12-9-15(20)19-16(10)12)17(21)11-3-5-14(18)6-4-11/h3-8,17,21H,2,9H2,1H3,(H,19,20). The van der Waals surface area contributed by atoms with Gasteiger partial charge < -0.3 is 10.4 Å². The number of nitrogens with one attached hydrogen (secondary N) is 1. The molecule has 0 fully saturated rings. The molecule has 3 nitrogen and oxygen atoms in total. The van der Waals surface area contributed by atoms with Crippen molar-refractivity contribution in [2.24, 2.45) is 0 Å². The molecule has 0 saturated carbocycles. The number of aliphatic hydroxyl groups excluding tert-OH is 1. The van der Waals surface area contributed by atoms with Gasteiger partial charge in [-0.1, -0.05) is 42.8 Å². The van der Waals surface area contributed by atoms with Crippen molar-refractivity contribution >= 4 is 23.2 Å². The third kappa shape index (κ3) is 2.67. The van der Waals surface area contributed by atoms with Crippen molar-refractivity contribution in [1.29, 1.82) is 0 Å². The highest BCUT2D eigenvalue weighted by atomic mass is 35.5. The number of aliphatic hydroxyl groups is 1. The molecule has 1 unspecified atom stereocenters. The van der Waals surface area contributed by atoms with E-state index in [4.69, 9.17) is 11.6 Å². The minimum atomic E-state index is -0.714. The van der Waals surface area contributed by atoms with Crippen LogP contribution >= 0.6 is 11.6 Å². The molecule has 108 valence electrons. The summed E-state index contributed by atoms with van der Waals surface area (Å²) in [5.74, 6) is 0.0119. The van der Waals surface area contributed by atoms with E-state index in [-0.39, 0.29) is 5.91 Å². The number of hydrogen-bond acceptors (Lipinski definition) is 2. The zero-order valence-electron chi connectivity index (χ0n) is 11.7. The Labute approximate surface area is 128 Å². The van der Waals surface area contributed by atoms with Gasteiger partial charge in [-0.05, 0) is 40.8 Å². The molecular formula is C17H16ClNO2. The molecule has 3 rings (SSSR count). The lowest BCUT2D eigenvalue weighted by Crippen LogP contribution is -2.05. The third-order valence-electron chi connectivity index (χ3n) is 3.82. The summed E-state index contributed by atoms with van der Waals surface area (Å²) in [7, 11) is 0. The van der Waals surface area contributed by atoms with E-state index in [0.717, 1.165) is 34.4 Å². The van der Waals surface area contributed by atoms with Crippen molar-refractivity contribution in [3.63, 3.8) is 0 Å². The predicted octanol–water partition coefficient (Wildman–Crippen LogP) is 3.48. The fraction of sp³-hybridized carbons (Fsp3) is 0.235. The van der Waals surface area contributed by atoms with Gasteiger partial charge in [0.05, 0.1) is 6.42 Å². The summed E-state index contributed by atoms with van der Waals surface area (Å²) in [5, 5.41) is 14.1. The van der Waals surface area contributed by atoms with Crippen molar-refractivity contribution in [3.05, 3.63) is 63.7 Å². The van der Waals surface area contributed by atoms with Crippen LogP contribution in [0.5, 0.6) is 0 Å². The van der Waals surface area contributed by atoms with Gasteiger partial charge >= 0.3 is 0 Å². The van der Waals surface area contributed by atoms with Gasteiger partial charge in [-0.25, -0.2) is 0 Å². The number of aryl methyl sites for hydroxylation is 1. The van der Waals surface area contributed by atoms with E-state index >= 15 is 0 Å². The number of fused-ring (bicyclic) bond motifs is 1. The van der Waals surface area contributed by atoms with Gasteiger partial charge in [-0.2, -0.15) is 0 Å². The predicted molar refractivity (Wildman–Crippen MR) is 83.7 cm³/mol. The SMILES string of the molecule is CCc1cc(C(O)c2ccc(Cl)cc2)cc2c1NC(=O)C2. The first kappa shape index (κ1) is 14.1. The van der Waals surface area contributed by atoms with E-state index in [1.54, 1.807) is 12.1 Å². The molecule has 0 aliphatic carbocycles. The Hall–Kier alpha value is -1.84. The smallest absolute Gasteiger partial charge is 0.228 e. The maximum atomic E-state index is 11.6. The molecule has 1 atom stereocenters. The highest BCUT2D eigenvalue weighted by Gasteiger charge is 2.23. The first-order valence-electron chi connectivity index (χ1n) is 6.97. The van der Waals surface area contributed by atoms with Gasteiger partial charge in [0, 0.05) is 10.7 Å². The van der Waals surface area contributed by atoms with Crippen LogP contribution in [0.15, 0.2) is 36.4 Å². The topological polar surface area (TPSA) is 49.3 Å². The maximum absolute atomic E-state index is 11.6. The normalized spacial score (nSPS) is 14.7. The monoisotopic (exact) mass is 301 g/mol. The summed E-state index contributed by atoms with van der Waals surface area (Å²) in [6.07, 6.45) is 0.474. The zero-order chi connectivity index (χ0) is 15.0. The molecule has 0 aromatic heterocycles. The highest BCUT2D eigenvalue weighted by molar-refractivity contribution is 6.30. The van der Waals surface area contributed by atoms with Crippen LogP contribution in [-0.2, 0) is 17.6 Å². The summed E-state index contributed by atoms with van der Waals surface area (Å²) < 4.78 is 0. The lowest BCUT2D eigenvalue weighted by atomic mass is 9.95. The molecule has 21 heavy (non-hydrogen) atoms. The molecule has 0 radical (unpaired) electrons. The van der Waals surface area contributed by atoms with Crippen LogP contribution in [0.1, 0.15) is 35.3 Å². The number of carbonyl (C=O) groups is 1. The van der Waals surface area contributed by atoms with Gasteiger partial charge in [-0.3, -0.25) is 4.79 Å². The van der Waals surface area contributed by atoms with E-state index < -0.39 is 6.10 Å². The average Bonchev–Trinajstić information content (AvgIpc) is 2.86. The molecule has 2 N–H and O–H groups in total. The van der Waals surface area contributed by atoms with Crippen molar-refractivity contribution in [3.8, 4) is 0 Å². The second-order valence-corrected chi connectivity index (χ2v) is 5.68. The third-order valence-corrected chi connectivity index (χ3v) is 4.07. The largest absolute Gasteiger partial charge is 0.384 e. The molecule has 0 saturated heterocycles. The maximum Gasteiger partial charge on any atom is 0.228 e. The van der Waals surface area contributed by atoms with Gasteiger partial charge in [0.15, 0.2) is 0 Å². The summed E-state index contributed by atoms with van der Waals surface area (Å²) in [6.45, 7) is 2.04. The first-order valence-corrected chi connectivity index (χ1v) is 7.35. The van der Waals surface area contributed by atoms with Crippen LogP contribution in [0.2, 0.25) is 5.02 Å². The molecule has 0 bridgehead atoms. The first-order chi connectivity index (χ1) is 10.1. The molecule has 4 heteroatoms. The van der Waals surface area contributed by atoms with E-state index in [2.05, 4.69) is 5.32 Å². The van der Waals surface area contributed by atoms with Crippen molar-refractivity contribution in [1.82, 2.24) is 0 Å². The molecule has 2 aromatic rings. The van der Waals surface area contributed by atoms with Crippen LogP contribution in [0.3, 0.4) is 0 Å². The number of carbonyl (C=O) groups excluding carboxylic acids is 1. The van der Waals surface area contributed by atoms with Crippen LogP contribution in [0.25, 0.3) is 0 Å². The van der Waals surface area contributed by atoms with Gasteiger partial charge in [-0.15, -0.1) is 0 Å². The van der Waals surface area contributed by atoms with Gasteiger partial charge in [0.25, 0.3) is 0 Å². The summed E-state index contributed by atoms with van der Waals surface area (Å²) in [4.78, 5) is 11.6. The molecule has 1 aliphatic rings. The van der Waals surface area contributed by atoms with E-state index in [9.17, 15) is 9.90 Å². The van der Waals surface area contributed by atoms with Crippen LogP contribution in [-0.4, -0.2) is 11.0 Å². The Morgan fingerprint density at radius 3 is 2.62 bits per heavy atom. The molecule has 1 heterocycles. The molecular weight excluding hydrogens is 286 g/mol. The number of amides is 1. The number of anilines is 1. The molecule has 1 amide bonds. The van der Waals surface area contributed by atoms with E-state index in [0.29, 0.717) is 11.4 Å². The summed E-state index contributed by atoms with van der Waals surface area (Å²) in [6, 6.07) is 11.0. The van der Waals surface area contributed by atoms with Crippen LogP contribution in [0, 0.1) is 0 Å². The molecule has 2 aromatic carbocycles. The number of halogens is 1. The minimum absolute atomic E-state index is 0.0119. The van der Waals surface area contributed by atoms with E-state index in [1.165, 1.54) is 0 Å². The second-order valence-electron chi connectivity index (χ2n) is 5.25. The Bertz CT molecular complexity index is 695. The number of benzene rings is 2. The number of hydrogen-bond donors (Lipinski definition) is 2.